The average Bonchev–Trinajstić information content (AvgIpc) is 3.17. The van der Waals surface area contributed by atoms with Gasteiger partial charge in [0.25, 0.3) is 5.91 Å². The Morgan fingerprint density at radius 3 is 2.95 bits per heavy atom. The Kier molecular flexibility index (Phi) is 3.46. The third-order valence-corrected chi connectivity index (χ3v) is 2.87. The van der Waals surface area contributed by atoms with Crippen molar-refractivity contribution in [1.82, 2.24) is 20.7 Å². The van der Waals surface area contributed by atoms with Gasteiger partial charge >= 0.3 is 0 Å². The number of amides is 1. The van der Waals surface area contributed by atoms with Crippen molar-refractivity contribution in [2.24, 2.45) is 0 Å². The first-order chi connectivity index (χ1) is 10.2. The van der Waals surface area contributed by atoms with Crippen LogP contribution in [0.25, 0.3) is 11.3 Å². The molecule has 0 aliphatic heterocycles. The van der Waals surface area contributed by atoms with Gasteiger partial charge in [0.2, 0.25) is 0 Å². The van der Waals surface area contributed by atoms with Crippen LogP contribution in [-0.4, -0.2) is 21.3 Å². The summed E-state index contributed by atoms with van der Waals surface area (Å²) in [6, 6.07) is 9.40. The summed E-state index contributed by atoms with van der Waals surface area (Å²) in [6.45, 7) is 0.176. The monoisotopic (exact) mass is 286 g/mol. The van der Waals surface area contributed by atoms with E-state index in [1.807, 2.05) is 0 Å². The van der Waals surface area contributed by atoms with Gasteiger partial charge in [0, 0.05) is 12.3 Å². The molecule has 0 radical (unpaired) electrons. The minimum atomic E-state index is -0.387. The van der Waals surface area contributed by atoms with Gasteiger partial charge in [-0.05, 0) is 18.2 Å². The molecule has 0 aliphatic carbocycles. The van der Waals surface area contributed by atoms with Gasteiger partial charge in [0.1, 0.15) is 17.2 Å². The molecule has 0 atom stereocenters. The maximum absolute atomic E-state index is 13.6. The lowest BCUT2D eigenvalue weighted by Crippen LogP contribution is -2.23. The number of hydrogen-bond donors (Lipinski definition) is 2. The summed E-state index contributed by atoms with van der Waals surface area (Å²) in [5.74, 6) is -0.372. The smallest absolute Gasteiger partial charge is 0.269 e. The van der Waals surface area contributed by atoms with E-state index in [1.54, 1.807) is 30.3 Å². The molecule has 0 fully saturated rings. The Morgan fingerprint density at radius 2 is 2.19 bits per heavy atom. The number of carbonyl (C=O) groups excluding carboxylic acids is 1. The second-order valence-electron chi connectivity index (χ2n) is 4.32. The van der Waals surface area contributed by atoms with E-state index in [2.05, 4.69) is 20.7 Å². The van der Waals surface area contributed by atoms with E-state index < -0.39 is 0 Å². The minimum absolute atomic E-state index is 0.176. The van der Waals surface area contributed by atoms with Crippen LogP contribution in [0, 0.1) is 5.82 Å². The van der Waals surface area contributed by atoms with Crippen LogP contribution in [-0.2, 0) is 6.54 Å². The second kappa shape index (κ2) is 5.58. The molecule has 2 N–H and O–H groups in total. The summed E-state index contributed by atoms with van der Waals surface area (Å²) >= 11 is 0. The summed E-state index contributed by atoms with van der Waals surface area (Å²) in [5, 5.41) is 12.7. The number of benzene rings is 1. The fraction of sp³-hybridized carbons (Fsp3) is 0.0714. The number of rotatable bonds is 4. The van der Waals surface area contributed by atoms with E-state index in [0.717, 1.165) is 0 Å². The number of carbonyl (C=O) groups is 1. The largest absolute Gasteiger partial charge is 0.356 e. The molecule has 106 valence electrons. The predicted molar refractivity (Wildman–Crippen MR) is 71.7 cm³/mol. The van der Waals surface area contributed by atoms with Crippen molar-refractivity contribution in [2.75, 3.05) is 0 Å². The molecule has 0 aliphatic rings. The molecule has 6 nitrogen and oxygen atoms in total. The van der Waals surface area contributed by atoms with E-state index >= 15 is 0 Å². The van der Waals surface area contributed by atoms with Crippen LogP contribution in [0.15, 0.2) is 47.1 Å². The number of aromatic nitrogens is 3. The number of halogens is 1. The lowest BCUT2D eigenvalue weighted by Gasteiger charge is -1.99. The topological polar surface area (TPSA) is 83.8 Å². The van der Waals surface area contributed by atoms with Gasteiger partial charge in [0.05, 0.1) is 12.1 Å². The van der Waals surface area contributed by atoms with Crippen LogP contribution in [0.5, 0.6) is 0 Å². The molecule has 2 heterocycles. The van der Waals surface area contributed by atoms with Crippen molar-refractivity contribution in [3.8, 4) is 11.3 Å². The average molecular weight is 286 g/mol. The first kappa shape index (κ1) is 13.0. The van der Waals surface area contributed by atoms with Crippen LogP contribution in [0.3, 0.4) is 0 Å². The molecule has 3 rings (SSSR count). The highest BCUT2D eigenvalue weighted by Crippen LogP contribution is 2.23. The standard InChI is InChI=1S/C14H11FN4O2/c15-11-4-2-1-3-10(11)13-7-9(19-21-13)8-16-14(20)12-5-6-17-18-12/h1-7H,8H2,(H,16,20)(H,17,18). The molecular weight excluding hydrogens is 275 g/mol. The van der Waals surface area contributed by atoms with Crippen molar-refractivity contribution in [1.29, 1.82) is 0 Å². The number of nitrogens with one attached hydrogen (secondary N) is 2. The quantitative estimate of drug-likeness (QED) is 0.769. The van der Waals surface area contributed by atoms with Gasteiger partial charge < -0.3 is 9.84 Å². The number of aromatic amines is 1. The maximum Gasteiger partial charge on any atom is 0.269 e. The molecule has 0 bridgehead atoms. The van der Waals surface area contributed by atoms with E-state index in [1.165, 1.54) is 12.3 Å². The van der Waals surface area contributed by atoms with Gasteiger partial charge in [-0.3, -0.25) is 9.89 Å². The van der Waals surface area contributed by atoms with Crippen molar-refractivity contribution in [3.05, 3.63) is 59.8 Å². The molecule has 2 aromatic heterocycles. The lowest BCUT2D eigenvalue weighted by molar-refractivity contribution is 0.0945. The first-order valence-electron chi connectivity index (χ1n) is 6.22. The highest BCUT2D eigenvalue weighted by molar-refractivity contribution is 5.91. The van der Waals surface area contributed by atoms with Crippen LogP contribution in [0.1, 0.15) is 16.2 Å². The first-order valence-corrected chi connectivity index (χ1v) is 6.22. The van der Waals surface area contributed by atoms with Crippen molar-refractivity contribution in [2.45, 2.75) is 6.54 Å². The summed E-state index contributed by atoms with van der Waals surface area (Å²) < 4.78 is 18.7. The molecular formula is C14H11FN4O2. The lowest BCUT2D eigenvalue weighted by atomic mass is 10.1. The number of nitrogens with zero attached hydrogens (tertiary/aromatic N) is 2. The van der Waals surface area contributed by atoms with Crippen molar-refractivity contribution in [3.63, 3.8) is 0 Å². The molecule has 0 spiro atoms. The predicted octanol–water partition coefficient (Wildman–Crippen LogP) is 2.13. The zero-order valence-corrected chi connectivity index (χ0v) is 10.8. The van der Waals surface area contributed by atoms with Gasteiger partial charge in [-0.1, -0.05) is 17.3 Å². The number of H-pyrrole nitrogens is 1. The summed E-state index contributed by atoms with van der Waals surface area (Å²) in [4.78, 5) is 11.7. The molecule has 7 heteroatoms. The third-order valence-electron chi connectivity index (χ3n) is 2.87. The van der Waals surface area contributed by atoms with E-state index in [-0.39, 0.29) is 18.3 Å². The Bertz CT molecular complexity index is 752. The van der Waals surface area contributed by atoms with Gasteiger partial charge in [-0.15, -0.1) is 0 Å². The van der Waals surface area contributed by atoms with E-state index in [9.17, 15) is 9.18 Å². The second-order valence-corrected chi connectivity index (χ2v) is 4.32. The van der Waals surface area contributed by atoms with Crippen LogP contribution >= 0.6 is 0 Å². The highest BCUT2D eigenvalue weighted by Gasteiger charge is 2.12. The highest BCUT2D eigenvalue weighted by atomic mass is 19.1. The van der Waals surface area contributed by atoms with E-state index in [4.69, 9.17) is 4.52 Å². The molecule has 1 amide bonds. The Labute approximate surface area is 119 Å². The van der Waals surface area contributed by atoms with Crippen molar-refractivity contribution < 1.29 is 13.7 Å². The van der Waals surface area contributed by atoms with Gasteiger partial charge in [-0.25, -0.2) is 4.39 Å². The van der Waals surface area contributed by atoms with Crippen LogP contribution in [0.4, 0.5) is 4.39 Å². The molecule has 0 saturated carbocycles. The Hall–Kier alpha value is -2.96. The summed E-state index contributed by atoms with van der Waals surface area (Å²) in [7, 11) is 0. The SMILES string of the molecule is O=C(NCc1cc(-c2ccccc2F)on1)c1ccn[nH]1. The Balaban J connectivity index is 1.69. The third kappa shape index (κ3) is 2.81. The van der Waals surface area contributed by atoms with Gasteiger partial charge in [-0.2, -0.15) is 5.10 Å². The van der Waals surface area contributed by atoms with Crippen LogP contribution in [0.2, 0.25) is 0 Å². The molecule has 0 unspecified atom stereocenters. The fourth-order valence-electron chi connectivity index (χ4n) is 1.83. The number of hydrogen-bond acceptors (Lipinski definition) is 4. The molecule has 3 aromatic rings. The molecule has 1 aromatic carbocycles. The molecule has 21 heavy (non-hydrogen) atoms. The summed E-state index contributed by atoms with van der Waals surface area (Å²) in [5.41, 5.74) is 1.19. The molecule has 0 saturated heterocycles. The maximum atomic E-state index is 13.6. The summed E-state index contributed by atoms with van der Waals surface area (Å²) in [6.07, 6.45) is 1.49. The normalized spacial score (nSPS) is 10.5. The van der Waals surface area contributed by atoms with Crippen LogP contribution < -0.4 is 5.32 Å². The minimum Gasteiger partial charge on any atom is -0.356 e. The fourth-order valence-corrected chi connectivity index (χ4v) is 1.83. The van der Waals surface area contributed by atoms with Crippen molar-refractivity contribution >= 4 is 5.91 Å². The Morgan fingerprint density at radius 1 is 1.33 bits per heavy atom. The zero-order chi connectivity index (χ0) is 14.7. The van der Waals surface area contributed by atoms with Gasteiger partial charge in [0.15, 0.2) is 5.76 Å². The zero-order valence-electron chi connectivity index (χ0n) is 10.8. The van der Waals surface area contributed by atoms with E-state index in [0.29, 0.717) is 22.7 Å².